The fourth-order valence-corrected chi connectivity index (χ4v) is 3.11. The van der Waals surface area contributed by atoms with Gasteiger partial charge in [-0.15, -0.1) is 12.3 Å². The summed E-state index contributed by atoms with van der Waals surface area (Å²) in [6, 6.07) is 10.3. The van der Waals surface area contributed by atoms with Crippen LogP contribution in [0.5, 0.6) is 0 Å². The first-order chi connectivity index (χ1) is 11.7. The summed E-state index contributed by atoms with van der Waals surface area (Å²) in [6.45, 7) is 0.668. The SMILES string of the molecule is C#CCCC1(CCC(=O)NC2CCOC(c3ccccc3)C2)N=N1. The average Bonchev–Trinajstić information content (AvgIpc) is 3.40. The Balaban J connectivity index is 1.44. The molecule has 0 spiro atoms. The number of rotatable bonds is 7. The van der Waals surface area contributed by atoms with Gasteiger partial charge in [-0.05, 0) is 18.4 Å². The lowest BCUT2D eigenvalue weighted by Crippen LogP contribution is -2.40. The van der Waals surface area contributed by atoms with Crippen molar-refractivity contribution in [2.24, 2.45) is 10.2 Å². The van der Waals surface area contributed by atoms with Gasteiger partial charge in [-0.2, -0.15) is 10.2 Å². The van der Waals surface area contributed by atoms with E-state index in [1.54, 1.807) is 0 Å². The van der Waals surface area contributed by atoms with E-state index in [-0.39, 0.29) is 23.7 Å². The molecule has 24 heavy (non-hydrogen) atoms. The average molecular weight is 325 g/mol. The molecule has 1 aromatic carbocycles. The second kappa shape index (κ2) is 7.59. The van der Waals surface area contributed by atoms with Gasteiger partial charge in [-0.3, -0.25) is 4.79 Å². The highest BCUT2D eigenvalue weighted by Gasteiger charge is 2.39. The third-order valence-electron chi connectivity index (χ3n) is 4.63. The maximum absolute atomic E-state index is 12.2. The van der Waals surface area contributed by atoms with Crippen LogP contribution in [0.4, 0.5) is 0 Å². The first-order valence-corrected chi connectivity index (χ1v) is 8.54. The molecule has 0 saturated carbocycles. The van der Waals surface area contributed by atoms with Gasteiger partial charge in [0, 0.05) is 38.3 Å². The molecule has 2 aliphatic heterocycles. The molecule has 1 N–H and O–H groups in total. The number of terminal acetylenes is 1. The zero-order valence-electron chi connectivity index (χ0n) is 13.8. The van der Waals surface area contributed by atoms with Crippen molar-refractivity contribution in [3.05, 3.63) is 35.9 Å². The van der Waals surface area contributed by atoms with E-state index in [1.165, 1.54) is 5.56 Å². The Morgan fingerprint density at radius 3 is 2.83 bits per heavy atom. The van der Waals surface area contributed by atoms with E-state index in [0.717, 1.165) is 19.3 Å². The highest BCUT2D eigenvalue weighted by molar-refractivity contribution is 5.76. The van der Waals surface area contributed by atoms with E-state index in [9.17, 15) is 4.79 Å². The van der Waals surface area contributed by atoms with E-state index in [1.807, 2.05) is 18.2 Å². The van der Waals surface area contributed by atoms with E-state index >= 15 is 0 Å². The Labute approximate surface area is 142 Å². The van der Waals surface area contributed by atoms with Crippen molar-refractivity contribution in [1.82, 2.24) is 5.32 Å². The molecule has 1 aromatic rings. The molecule has 2 atom stereocenters. The minimum Gasteiger partial charge on any atom is -0.373 e. The lowest BCUT2D eigenvalue weighted by molar-refractivity contribution is -0.123. The summed E-state index contributed by atoms with van der Waals surface area (Å²) in [5.74, 6) is 2.66. The van der Waals surface area contributed by atoms with Gasteiger partial charge in [0.05, 0.1) is 6.10 Å². The zero-order chi connectivity index (χ0) is 16.8. The molecule has 1 fully saturated rings. The first kappa shape index (κ1) is 16.7. The van der Waals surface area contributed by atoms with Crippen LogP contribution in [0.25, 0.3) is 0 Å². The normalized spacial score (nSPS) is 24.1. The second-order valence-electron chi connectivity index (χ2n) is 6.45. The smallest absolute Gasteiger partial charge is 0.220 e. The minimum absolute atomic E-state index is 0.0562. The maximum Gasteiger partial charge on any atom is 0.220 e. The third-order valence-corrected chi connectivity index (χ3v) is 4.63. The van der Waals surface area contributed by atoms with Crippen molar-refractivity contribution in [3.8, 4) is 12.3 Å². The maximum atomic E-state index is 12.2. The molecule has 0 radical (unpaired) electrons. The Morgan fingerprint density at radius 1 is 1.33 bits per heavy atom. The number of nitrogens with zero attached hydrogens (tertiary/aromatic N) is 2. The molecule has 0 aromatic heterocycles. The number of benzene rings is 1. The summed E-state index contributed by atoms with van der Waals surface area (Å²) in [6.07, 6.45) is 9.47. The summed E-state index contributed by atoms with van der Waals surface area (Å²) in [4.78, 5) is 12.2. The molecule has 126 valence electrons. The fraction of sp³-hybridized carbons (Fsp3) is 0.526. The van der Waals surface area contributed by atoms with Crippen LogP contribution in [0.1, 0.15) is 50.2 Å². The highest BCUT2D eigenvalue weighted by Crippen LogP contribution is 2.37. The molecular weight excluding hydrogens is 302 g/mol. The van der Waals surface area contributed by atoms with Gasteiger partial charge in [0.25, 0.3) is 0 Å². The molecule has 2 unspecified atom stereocenters. The largest absolute Gasteiger partial charge is 0.373 e. The Bertz CT molecular complexity index is 630. The molecule has 3 rings (SSSR count). The summed E-state index contributed by atoms with van der Waals surface area (Å²) >= 11 is 0. The van der Waals surface area contributed by atoms with Gasteiger partial charge in [-0.1, -0.05) is 30.3 Å². The summed E-state index contributed by atoms with van der Waals surface area (Å²) in [7, 11) is 0. The van der Waals surface area contributed by atoms with Gasteiger partial charge in [-0.25, -0.2) is 0 Å². The quantitative estimate of drug-likeness (QED) is 0.781. The number of hydrogen-bond acceptors (Lipinski definition) is 4. The minimum atomic E-state index is -0.383. The number of hydrogen-bond donors (Lipinski definition) is 1. The van der Waals surface area contributed by atoms with E-state index < -0.39 is 0 Å². The number of amides is 1. The second-order valence-corrected chi connectivity index (χ2v) is 6.45. The zero-order valence-corrected chi connectivity index (χ0v) is 13.8. The molecular formula is C19H23N3O2. The van der Waals surface area contributed by atoms with E-state index in [0.29, 0.717) is 25.9 Å². The van der Waals surface area contributed by atoms with Crippen LogP contribution < -0.4 is 5.32 Å². The van der Waals surface area contributed by atoms with Gasteiger partial charge >= 0.3 is 0 Å². The molecule has 0 bridgehead atoms. The Morgan fingerprint density at radius 2 is 2.12 bits per heavy atom. The molecule has 0 aliphatic carbocycles. The van der Waals surface area contributed by atoms with Gasteiger partial charge < -0.3 is 10.1 Å². The predicted molar refractivity (Wildman–Crippen MR) is 91.2 cm³/mol. The van der Waals surface area contributed by atoms with Crippen molar-refractivity contribution in [1.29, 1.82) is 0 Å². The molecule has 5 nitrogen and oxygen atoms in total. The lowest BCUT2D eigenvalue weighted by Gasteiger charge is -2.30. The summed E-state index contributed by atoms with van der Waals surface area (Å²) < 4.78 is 5.84. The first-order valence-electron chi connectivity index (χ1n) is 8.54. The molecule has 5 heteroatoms. The van der Waals surface area contributed by atoms with Crippen LogP contribution in [-0.4, -0.2) is 24.2 Å². The highest BCUT2D eigenvalue weighted by atomic mass is 16.5. The fourth-order valence-electron chi connectivity index (χ4n) is 3.11. The number of carbonyl (C=O) groups excluding carboxylic acids is 1. The van der Waals surface area contributed by atoms with Crippen LogP contribution in [-0.2, 0) is 9.53 Å². The third kappa shape index (κ3) is 4.42. The van der Waals surface area contributed by atoms with Crippen molar-refractivity contribution in [2.75, 3.05) is 6.61 Å². The Hall–Kier alpha value is -2.19. The van der Waals surface area contributed by atoms with Crippen LogP contribution >= 0.6 is 0 Å². The molecule has 1 saturated heterocycles. The van der Waals surface area contributed by atoms with Crippen LogP contribution in [0.3, 0.4) is 0 Å². The summed E-state index contributed by atoms with van der Waals surface area (Å²) in [5.41, 5.74) is 0.784. The van der Waals surface area contributed by atoms with Crippen molar-refractivity contribution in [3.63, 3.8) is 0 Å². The lowest BCUT2D eigenvalue weighted by atomic mass is 9.97. The number of carbonyl (C=O) groups is 1. The molecule has 1 amide bonds. The van der Waals surface area contributed by atoms with Crippen molar-refractivity contribution in [2.45, 2.75) is 56.3 Å². The predicted octanol–water partition coefficient (Wildman–Crippen LogP) is 3.38. The topological polar surface area (TPSA) is 63.0 Å². The monoisotopic (exact) mass is 325 g/mol. The molecule has 2 aliphatic rings. The number of ether oxygens (including phenoxy) is 1. The van der Waals surface area contributed by atoms with Crippen LogP contribution in [0.2, 0.25) is 0 Å². The van der Waals surface area contributed by atoms with Crippen molar-refractivity contribution < 1.29 is 9.53 Å². The van der Waals surface area contributed by atoms with E-state index in [4.69, 9.17) is 11.2 Å². The number of nitrogens with one attached hydrogen (secondary N) is 1. The molecule has 2 heterocycles. The van der Waals surface area contributed by atoms with Gasteiger partial charge in [0.1, 0.15) is 0 Å². The Kier molecular flexibility index (Phi) is 5.27. The summed E-state index contributed by atoms with van der Waals surface area (Å²) in [5, 5.41) is 11.3. The standard InChI is InChI=1S/C19H23N3O2/c1-2-3-11-19(21-22-19)12-9-18(23)20-16-10-13-24-17(14-16)15-7-5-4-6-8-15/h1,4-8,16-17H,3,9-14H2,(H,20,23). The van der Waals surface area contributed by atoms with Gasteiger partial charge in [0.2, 0.25) is 5.91 Å². The van der Waals surface area contributed by atoms with Crippen LogP contribution in [0, 0.1) is 12.3 Å². The van der Waals surface area contributed by atoms with E-state index in [2.05, 4.69) is 33.6 Å². The van der Waals surface area contributed by atoms with Crippen LogP contribution in [0.15, 0.2) is 40.6 Å². The van der Waals surface area contributed by atoms with Crippen molar-refractivity contribution >= 4 is 5.91 Å². The van der Waals surface area contributed by atoms with Gasteiger partial charge in [0.15, 0.2) is 5.66 Å².